The van der Waals surface area contributed by atoms with E-state index >= 15 is 0 Å². The highest BCUT2D eigenvalue weighted by atomic mass is 32.1. The first kappa shape index (κ1) is 10.8. The fourth-order valence-corrected chi connectivity index (χ4v) is 2.33. The number of thiazole rings is 1. The normalized spacial score (nSPS) is 12.0. The highest BCUT2D eigenvalue weighted by molar-refractivity contribution is 7.19. The van der Waals surface area contributed by atoms with E-state index in [1.54, 1.807) is 28.3 Å². The molecule has 2 aromatic heterocycles. The standard InChI is InChI=1S/C10H12N4OS/c1-4-5-15-13-7(2)9-8(3)14-10(16-9)11-6-12-14/h4,6H,1,5H2,2-3H3. The topological polar surface area (TPSA) is 51.8 Å². The predicted molar refractivity (Wildman–Crippen MR) is 64.0 cm³/mol. The predicted octanol–water partition coefficient (Wildman–Crippen LogP) is 2.03. The van der Waals surface area contributed by atoms with Gasteiger partial charge in [0.05, 0.1) is 16.3 Å². The van der Waals surface area contributed by atoms with E-state index in [0.717, 1.165) is 21.2 Å². The average Bonchev–Trinajstić information content (AvgIpc) is 2.82. The molecule has 0 aromatic carbocycles. The molecule has 0 radical (unpaired) electrons. The maximum atomic E-state index is 5.05. The van der Waals surface area contributed by atoms with Gasteiger partial charge in [-0.15, -0.1) is 0 Å². The van der Waals surface area contributed by atoms with Crippen LogP contribution in [0.4, 0.5) is 0 Å². The molecule has 0 spiro atoms. The van der Waals surface area contributed by atoms with Crippen LogP contribution in [0.3, 0.4) is 0 Å². The van der Waals surface area contributed by atoms with Crippen molar-refractivity contribution in [3.63, 3.8) is 0 Å². The molecule has 0 aliphatic carbocycles. The minimum atomic E-state index is 0.414. The molecule has 2 heterocycles. The van der Waals surface area contributed by atoms with Gasteiger partial charge in [0.2, 0.25) is 4.96 Å². The first-order valence-corrected chi connectivity index (χ1v) is 5.62. The second-order valence-electron chi connectivity index (χ2n) is 3.23. The highest BCUT2D eigenvalue weighted by Gasteiger charge is 2.12. The molecule has 0 unspecified atom stereocenters. The first-order chi connectivity index (χ1) is 7.74. The molecule has 16 heavy (non-hydrogen) atoms. The van der Waals surface area contributed by atoms with Gasteiger partial charge in [0.25, 0.3) is 0 Å². The monoisotopic (exact) mass is 236 g/mol. The Kier molecular flexibility index (Phi) is 3.00. The van der Waals surface area contributed by atoms with Crippen molar-refractivity contribution in [3.8, 4) is 0 Å². The van der Waals surface area contributed by atoms with Crippen molar-refractivity contribution < 1.29 is 4.84 Å². The minimum Gasteiger partial charge on any atom is -0.391 e. The zero-order valence-corrected chi connectivity index (χ0v) is 9.99. The zero-order chi connectivity index (χ0) is 11.5. The van der Waals surface area contributed by atoms with Crippen LogP contribution in [0.15, 0.2) is 24.1 Å². The van der Waals surface area contributed by atoms with Gasteiger partial charge in [-0.05, 0) is 13.8 Å². The van der Waals surface area contributed by atoms with Gasteiger partial charge in [0, 0.05) is 0 Å². The Hall–Kier alpha value is -1.69. The summed E-state index contributed by atoms with van der Waals surface area (Å²) in [5, 5.41) is 8.13. The Morgan fingerprint density at radius 2 is 2.56 bits per heavy atom. The summed E-state index contributed by atoms with van der Waals surface area (Å²) in [4.78, 5) is 11.1. The van der Waals surface area contributed by atoms with Gasteiger partial charge >= 0.3 is 0 Å². The van der Waals surface area contributed by atoms with E-state index in [4.69, 9.17) is 4.84 Å². The fraction of sp³-hybridized carbons (Fsp3) is 0.300. The lowest BCUT2D eigenvalue weighted by molar-refractivity contribution is 0.175. The Balaban J connectivity index is 2.31. The van der Waals surface area contributed by atoms with E-state index in [-0.39, 0.29) is 0 Å². The van der Waals surface area contributed by atoms with Crippen LogP contribution in [-0.4, -0.2) is 26.9 Å². The van der Waals surface area contributed by atoms with Crippen LogP contribution in [0.25, 0.3) is 4.96 Å². The maximum absolute atomic E-state index is 5.05. The molecule has 0 fully saturated rings. The van der Waals surface area contributed by atoms with Crippen LogP contribution in [0.1, 0.15) is 17.5 Å². The number of hydrogen-bond donors (Lipinski definition) is 0. The van der Waals surface area contributed by atoms with Crippen LogP contribution in [0.2, 0.25) is 0 Å². The largest absolute Gasteiger partial charge is 0.391 e. The van der Waals surface area contributed by atoms with Crippen LogP contribution in [0.5, 0.6) is 0 Å². The summed E-state index contributed by atoms with van der Waals surface area (Å²) in [6.45, 7) is 7.86. The van der Waals surface area contributed by atoms with E-state index in [1.807, 2.05) is 13.8 Å². The van der Waals surface area contributed by atoms with Crippen molar-refractivity contribution in [2.45, 2.75) is 13.8 Å². The quantitative estimate of drug-likeness (QED) is 0.353. The van der Waals surface area contributed by atoms with E-state index in [9.17, 15) is 0 Å². The number of nitrogens with zero attached hydrogens (tertiary/aromatic N) is 4. The number of hydrogen-bond acceptors (Lipinski definition) is 5. The van der Waals surface area contributed by atoms with Gasteiger partial charge in [-0.2, -0.15) is 5.10 Å². The Morgan fingerprint density at radius 1 is 1.75 bits per heavy atom. The molecule has 84 valence electrons. The number of rotatable bonds is 4. The van der Waals surface area contributed by atoms with Crippen molar-refractivity contribution >= 4 is 22.0 Å². The summed E-state index contributed by atoms with van der Waals surface area (Å²) in [6, 6.07) is 0. The fourth-order valence-electron chi connectivity index (χ4n) is 1.36. The Labute approximate surface area is 97.1 Å². The second kappa shape index (κ2) is 4.44. The van der Waals surface area contributed by atoms with Crippen molar-refractivity contribution in [3.05, 3.63) is 29.6 Å². The summed E-state index contributed by atoms with van der Waals surface area (Å²) in [6.07, 6.45) is 3.20. The molecular weight excluding hydrogens is 224 g/mol. The maximum Gasteiger partial charge on any atom is 0.212 e. The molecule has 6 heteroatoms. The molecule has 0 aliphatic rings. The molecular formula is C10H12N4OS. The molecule has 0 bridgehead atoms. The molecule has 0 saturated carbocycles. The summed E-state index contributed by atoms with van der Waals surface area (Å²) in [5.74, 6) is 0. The van der Waals surface area contributed by atoms with Crippen LogP contribution < -0.4 is 0 Å². The number of oxime groups is 1. The van der Waals surface area contributed by atoms with Crippen LogP contribution >= 0.6 is 11.3 Å². The van der Waals surface area contributed by atoms with E-state index in [1.165, 1.54) is 0 Å². The van der Waals surface area contributed by atoms with E-state index in [0.29, 0.717) is 6.61 Å². The average molecular weight is 236 g/mol. The Bertz CT molecular complexity index is 540. The summed E-state index contributed by atoms with van der Waals surface area (Å²) >= 11 is 1.55. The first-order valence-electron chi connectivity index (χ1n) is 4.81. The zero-order valence-electron chi connectivity index (χ0n) is 9.17. The molecule has 2 aromatic rings. The van der Waals surface area contributed by atoms with Gasteiger partial charge in [-0.25, -0.2) is 9.50 Å². The van der Waals surface area contributed by atoms with Gasteiger partial charge in [-0.3, -0.25) is 0 Å². The van der Waals surface area contributed by atoms with Gasteiger partial charge in [-0.1, -0.05) is 29.1 Å². The number of fused-ring (bicyclic) bond motifs is 1. The highest BCUT2D eigenvalue weighted by Crippen LogP contribution is 2.21. The Morgan fingerprint density at radius 3 is 3.25 bits per heavy atom. The lowest BCUT2D eigenvalue weighted by atomic mass is 10.3. The summed E-state index contributed by atoms with van der Waals surface area (Å²) in [7, 11) is 0. The lowest BCUT2D eigenvalue weighted by Crippen LogP contribution is -1.98. The van der Waals surface area contributed by atoms with Crippen LogP contribution in [0, 0.1) is 6.92 Å². The third kappa shape index (κ3) is 1.83. The molecule has 0 aliphatic heterocycles. The molecule has 0 N–H and O–H groups in total. The molecule has 5 nitrogen and oxygen atoms in total. The smallest absolute Gasteiger partial charge is 0.212 e. The van der Waals surface area contributed by atoms with Gasteiger partial charge < -0.3 is 4.84 Å². The van der Waals surface area contributed by atoms with Crippen molar-refractivity contribution in [1.82, 2.24) is 14.6 Å². The van der Waals surface area contributed by atoms with Crippen molar-refractivity contribution in [2.24, 2.45) is 5.16 Å². The second-order valence-corrected chi connectivity index (χ2v) is 4.21. The van der Waals surface area contributed by atoms with Gasteiger partial charge in [0.1, 0.15) is 12.9 Å². The third-order valence-corrected chi connectivity index (χ3v) is 3.33. The number of aromatic nitrogens is 3. The molecule has 0 saturated heterocycles. The van der Waals surface area contributed by atoms with Crippen molar-refractivity contribution in [2.75, 3.05) is 6.61 Å². The lowest BCUT2D eigenvalue weighted by Gasteiger charge is -1.98. The number of aryl methyl sites for hydroxylation is 1. The summed E-state index contributed by atoms with van der Waals surface area (Å²) < 4.78 is 1.80. The molecule has 0 amide bonds. The van der Waals surface area contributed by atoms with Crippen LogP contribution in [-0.2, 0) is 4.84 Å². The van der Waals surface area contributed by atoms with Gasteiger partial charge in [0.15, 0.2) is 0 Å². The van der Waals surface area contributed by atoms with Crippen molar-refractivity contribution in [1.29, 1.82) is 0 Å². The summed E-state index contributed by atoms with van der Waals surface area (Å²) in [5.41, 5.74) is 1.86. The SMILES string of the molecule is C=CCON=C(C)c1sc2ncnn2c1C. The third-order valence-electron chi connectivity index (χ3n) is 2.08. The van der Waals surface area contributed by atoms with E-state index < -0.39 is 0 Å². The van der Waals surface area contributed by atoms with E-state index in [2.05, 4.69) is 21.8 Å². The molecule has 0 atom stereocenters. The molecule has 2 rings (SSSR count). The minimum absolute atomic E-state index is 0.414.